The molecule has 0 N–H and O–H groups in total. The molecule has 2 aromatic rings. The second-order valence-electron chi connectivity index (χ2n) is 7.68. The van der Waals surface area contributed by atoms with E-state index >= 15 is 0 Å². The highest BCUT2D eigenvalue weighted by Gasteiger charge is 2.60. The molecule has 0 aromatic heterocycles. The Morgan fingerprint density at radius 1 is 0.529 bits per heavy atom. The van der Waals surface area contributed by atoms with Crippen molar-refractivity contribution in [1.29, 1.82) is 0 Å². The molecule has 2 fully saturated rings. The first-order valence-electron chi connectivity index (χ1n) is 10.4. The van der Waals surface area contributed by atoms with Crippen LogP contribution >= 0.6 is 0 Å². The molecule has 182 valence electrons. The summed E-state index contributed by atoms with van der Waals surface area (Å²) in [5.74, 6) is -0.529. The molecule has 34 heavy (non-hydrogen) atoms. The second kappa shape index (κ2) is 9.20. The van der Waals surface area contributed by atoms with Crippen LogP contribution < -0.4 is 28.4 Å². The number of rotatable bonds is 8. The third-order valence-electron chi connectivity index (χ3n) is 6.10. The first kappa shape index (κ1) is 23.3. The predicted molar refractivity (Wildman–Crippen MR) is 117 cm³/mol. The fourth-order valence-corrected chi connectivity index (χ4v) is 4.55. The molecule has 0 saturated carbocycles. The van der Waals surface area contributed by atoms with E-state index in [1.807, 2.05) is 0 Å². The number of hydrogen-bond acceptors (Lipinski definition) is 10. The summed E-state index contributed by atoms with van der Waals surface area (Å²) in [5, 5.41) is 0. The normalized spacial score (nSPS) is 23.0. The van der Waals surface area contributed by atoms with Crippen LogP contribution in [0.1, 0.15) is 23.3 Å². The Morgan fingerprint density at radius 3 is 1.06 bits per heavy atom. The smallest absolute Gasteiger partial charge is 0.314 e. The molecule has 2 heterocycles. The highest BCUT2D eigenvalue weighted by Crippen LogP contribution is 2.54. The molecule has 2 aliphatic rings. The van der Waals surface area contributed by atoms with Gasteiger partial charge in [-0.25, -0.2) is 0 Å². The van der Waals surface area contributed by atoms with Gasteiger partial charge in [0.2, 0.25) is 11.5 Å². The minimum atomic E-state index is -0.884. The average molecular weight is 474 g/mol. The Balaban J connectivity index is 1.75. The topological polar surface area (TPSA) is 108 Å². The average Bonchev–Trinajstić information content (AvgIpc) is 3.39. The number of ether oxygens (including phenoxy) is 8. The Hall–Kier alpha value is -3.82. The van der Waals surface area contributed by atoms with Crippen LogP contribution in [0.25, 0.3) is 0 Å². The van der Waals surface area contributed by atoms with Gasteiger partial charge >= 0.3 is 11.9 Å². The van der Waals surface area contributed by atoms with Crippen LogP contribution in [0.15, 0.2) is 24.3 Å². The molecule has 0 amide bonds. The van der Waals surface area contributed by atoms with Gasteiger partial charge in [0, 0.05) is 11.1 Å². The van der Waals surface area contributed by atoms with Crippen molar-refractivity contribution in [3.8, 4) is 34.5 Å². The van der Waals surface area contributed by atoms with Gasteiger partial charge in [-0.3, -0.25) is 9.59 Å². The van der Waals surface area contributed by atoms with E-state index in [9.17, 15) is 9.59 Å². The van der Waals surface area contributed by atoms with Crippen LogP contribution in [0.5, 0.6) is 34.5 Å². The van der Waals surface area contributed by atoms with E-state index < -0.39 is 36.0 Å². The lowest BCUT2D eigenvalue weighted by atomic mass is 9.84. The summed E-state index contributed by atoms with van der Waals surface area (Å²) in [6, 6.07) is 6.62. The van der Waals surface area contributed by atoms with E-state index in [1.54, 1.807) is 24.3 Å². The molecular formula is C24H26O10. The summed E-state index contributed by atoms with van der Waals surface area (Å²) in [7, 11) is 8.90. The monoisotopic (exact) mass is 474 g/mol. The van der Waals surface area contributed by atoms with E-state index in [-0.39, 0.29) is 0 Å². The van der Waals surface area contributed by atoms with Crippen molar-refractivity contribution >= 4 is 11.9 Å². The minimum absolute atomic E-state index is 0.379. The van der Waals surface area contributed by atoms with Crippen molar-refractivity contribution in [2.45, 2.75) is 12.2 Å². The number of esters is 2. The van der Waals surface area contributed by atoms with Crippen molar-refractivity contribution in [2.75, 3.05) is 42.7 Å². The number of fused-ring (bicyclic) bond motifs is 1. The molecule has 4 unspecified atom stereocenters. The highest BCUT2D eigenvalue weighted by molar-refractivity contribution is 5.90. The molecule has 2 aliphatic heterocycles. The first-order valence-corrected chi connectivity index (χ1v) is 10.4. The lowest BCUT2D eigenvalue weighted by Crippen LogP contribution is -2.19. The van der Waals surface area contributed by atoms with Gasteiger partial charge in [-0.2, -0.15) is 0 Å². The molecule has 4 rings (SSSR count). The van der Waals surface area contributed by atoms with Crippen LogP contribution in [0.3, 0.4) is 0 Å². The standard InChI is InChI=1S/C24H26O10/c1-27-13-7-11(8-14(28-2)21(13)31-5)19-17-18(24(26)33-19)20(34-23(17)25)12-9-15(29-3)22(32-6)16(10-12)30-4/h7-10,17-20H,1-6H3. The number of hydrogen-bond donors (Lipinski definition) is 0. The van der Waals surface area contributed by atoms with E-state index in [4.69, 9.17) is 37.9 Å². The van der Waals surface area contributed by atoms with Gasteiger partial charge in [-0.05, 0) is 24.3 Å². The van der Waals surface area contributed by atoms with Gasteiger partial charge in [0.05, 0.1) is 42.7 Å². The first-order chi connectivity index (χ1) is 16.4. The van der Waals surface area contributed by atoms with Crippen molar-refractivity contribution < 1.29 is 47.5 Å². The van der Waals surface area contributed by atoms with E-state index in [0.29, 0.717) is 45.6 Å². The molecule has 2 aromatic carbocycles. The molecule has 0 spiro atoms. The van der Waals surface area contributed by atoms with Crippen molar-refractivity contribution in [3.63, 3.8) is 0 Å². The van der Waals surface area contributed by atoms with Gasteiger partial charge in [-0.1, -0.05) is 0 Å². The number of carbonyl (C=O) groups is 2. The second-order valence-corrected chi connectivity index (χ2v) is 7.68. The molecule has 0 aliphatic carbocycles. The molecule has 0 bridgehead atoms. The third kappa shape index (κ3) is 3.59. The van der Waals surface area contributed by atoms with Crippen LogP contribution in [-0.4, -0.2) is 54.6 Å². The Labute approximate surface area is 196 Å². The van der Waals surface area contributed by atoms with Crippen molar-refractivity contribution in [1.82, 2.24) is 0 Å². The van der Waals surface area contributed by atoms with E-state index in [1.165, 1.54) is 42.7 Å². The Bertz CT molecular complexity index is 973. The summed E-state index contributed by atoms with van der Waals surface area (Å²) in [6.07, 6.45) is -1.77. The molecule has 4 atom stereocenters. The van der Waals surface area contributed by atoms with Crippen molar-refractivity contribution in [3.05, 3.63) is 35.4 Å². The summed E-state index contributed by atoms with van der Waals surface area (Å²) in [4.78, 5) is 26.0. The Kier molecular flexibility index (Phi) is 6.32. The molecule has 10 heteroatoms. The Morgan fingerprint density at radius 2 is 0.824 bits per heavy atom. The third-order valence-corrected chi connectivity index (χ3v) is 6.10. The maximum Gasteiger partial charge on any atom is 0.314 e. The quantitative estimate of drug-likeness (QED) is 0.530. The summed E-state index contributed by atoms with van der Waals surface area (Å²) in [5.41, 5.74) is 1.05. The van der Waals surface area contributed by atoms with Crippen molar-refractivity contribution in [2.24, 2.45) is 11.8 Å². The largest absolute Gasteiger partial charge is 0.493 e. The zero-order chi connectivity index (χ0) is 24.6. The SMILES string of the molecule is COc1cc(C2OC(=O)C3C(c4cc(OC)c(OC)c(OC)c4)OC(=O)C23)cc(OC)c1OC. The highest BCUT2D eigenvalue weighted by atomic mass is 16.6. The van der Waals surface area contributed by atoms with Gasteiger partial charge in [0.25, 0.3) is 0 Å². The van der Waals surface area contributed by atoms with Gasteiger partial charge in [0.1, 0.15) is 24.0 Å². The van der Waals surface area contributed by atoms with Crippen LogP contribution in [0.4, 0.5) is 0 Å². The molecular weight excluding hydrogens is 448 g/mol. The molecule has 2 saturated heterocycles. The molecule has 0 radical (unpaired) electrons. The van der Waals surface area contributed by atoms with Crippen LogP contribution in [0, 0.1) is 11.8 Å². The minimum Gasteiger partial charge on any atom is -0.493 e. The number of cyclic esters (lactones) is 2. The lowest BCUT2D eigenvalue weighted by molar-refractivity contribution is -0.154. The fraction of sp³-hybridized carbons (Fsp3) is 0.417. The summed E-state index contributed by atoms with van der Waals surface area (Å²) >= 11 is 0. The summed E-state index contributed by atoms with van der Waals surface area (Å²) in [6.45, 7) is 0. The number of methoxy groups -OCH3 is 6. The zero-order valence-corrected chi connectivity index (χ0v) is 19.7. The number of benzene rings is 2. The maximum absolute atomic E-state index is 13.0. The van der Waals surface area contributed by atoms with Crippen LogP contribution in [-0.2, 0) is 19.1 Å². The van der Waals surface area contributed by atoms with Gasteiger partial charge in [0.15, 0.2) is 23.0 Å². The predicted octanol–water partition coefficient (Wildman–Crippen LogP) is 2.87. The van der Waals surface area contributed by atoms with E-state index in [2.05, 4.69) is 0 Å². The maximum atomic E-state index is 13.0. The zero-order valence-electron chi connectivity index (χ0n) is 19.7. The fourth-order valence-electron chi connectivity index (χ4n) is 4.55. The van der Waals surface area contributed by atoms with Crippen LogP contribution in [0.2, 0.25) is 0 Å². The lowest BCUT2D eigenvalue weighted by Gasteiger charge is -2.19. The molecule has 10 nitrogen and oxygen atoms in total. The summed E-state index contributed by atoms with van der Waals surface area (Å²) < 4.78 is 43.7. The van der Waals surface area contributed by atoms with Gasteiger partial charge in [-0.15, -0.1) is 0 Å². The van der Waals surface area contributed by atoms with Gasteiger partial charge < -0.3 is 37.9 Å². The van der Waals surface area contributed by atoms with E-state index in [0.717, 1.165) is 0 Å². The number of carbonyl (C=O) groups excluding carboxylic acids is 2.